The number of hydrogen-bond acceptors (Lipinski definition) is 4. The van der Waals surface area contributed by atoms with Crippen LogP contribution in [0.3, 0.4) is 0 Å². The first-order valence-electron chi connectivity index (χ1n) is 13.9. The van der Waals surface area contributed by atoms with E-state index in [0.717, 1.165) is 29.2 Å². The molecule has 6 nitrogen and oxygen atoms in total. The van der Waals surface area contributed by atoms with Crippen molar-refractivity contribution in [1.29, 1.82) is 0 Å². The number of sulfone groups is 1. The van der Waals surface area contributed by atoms with Gasteiger partial charge in [-0.15, -0.1) is 0 Å². The molecule has 1 amide bonds. The Balaban J connectivity index is 1.64. The predicted molar refractivity (Wildman–Crippen MR) is 138 cm³/mol. The number of nitrogens with zero attached hydrogens (tertiary/aromatic N) is 1. The van der Waals surface area contributed by atoms with Gasteiger partial charge in [0.2, 0.25) is 0 Å². The van der Waals surface area contributed by atoms with Crippen LogP contribution in [0.4, 0.5) is 39.5 Å². The number of likely N-dealkylation sites (tertiary alicyclic amines) is 1. The van der Waals surface area contributed by atoms with Crippen molar-refractivity contribution >= 4 is 21.7 Å². The average molecular weight is 672 g/mol. The molecule has 1 saturated carbocycles. The lowest BCUT2D eigenvalue weighted by atomic mass is 9.76. The molecule has 0 aromatic heterocycles. The van der Waals surface area contributed by atoms with E-state index in [1.165, 1.54) is 0 Å². The molecule has 2 fully saturated rings. The molecule has 3 aliphatic rings. The van der Waals surface area contributed by atoms with Gasteiger partial charge in [0.25, 0.3) is 5.91 Å². The molecule has 246 valence electrons. The highest BCUT2D eigenvalue weighted by Gasteiger charge is 2.74. The summed E-state index contributed by atoms with van der Waals surface area (Å²) < 4.78 is 152. The van der Waals surface area contributed by atoms with Gasteiger partial charge in [0.15, 0.2) is 15.5 Å². The van der Waals surface area contributed by atoms with Gasteiger partial charge < -0.3 is 10.0 Å². The molecule has 45 heavy (non-hydrogen) atoms. The number of rotatable bonds is 5. The number of alkyl halides is 8. The van der Waals surface area contributed by atoms with E-state index in [4.69, 9.17) is 0 Å². The van der Waals surface area contributed by atoms with Crippen LogP contribution < -0.4 is 0 Å². The maximum Gasteiger partial charge on any atom is 0.435 e. The molecule has 2 aromatic rings. The van der Waals surface area contributed by atoms with Crippen molar-refractivity contribution in [2.75, 3.05) is 6.54 Å². The number of amides is 1. The van der Waals surface area contributed by atoms with Crippen LogP contribution in [0, 0.1) is 11.7 Å². The highest BCUT2D eigenvalue weighted by atomic mass is 32.2. The molecule has 1 saturated heterocycles. The van der Waals surface area contributed by atoms with E-state index >= 15 is 4.39 Å². The lowest BCUT2D eigenvalue weighted by Crippen LogP contribution is -2.56. The van der Waals surface area contributed by atoms with Gasteiger partial charge in [0, 0.05) is 12.1 Å². The topological polar surface area (TPSA) is 91.8 Å². The molecule has 1 N–H and O–H groups in total. The molecule has 0 bridgehead atoms. The molecule has 1 heterocycles. The third kappa shape index (κ3) is 4.89. The highest BCUT2D eigenvalue weighted by Crippen LogP contribution is 2.57. The predicted octanol–water partition coefficient (Wildman–Crippen LogP) is 6.31. The maximum absolute atomic E-state index is 16.1. The fourth-order valence-corrected chi connectivity index (χ4v) is 9.46. The van der Waals surface area contributed by atoms with Gasteiger partial charge in [0.1, 0.15) is 10.6 Å². The van der Waals surface area contributed by atoms with Crippen LogP contribution in [0.2, 0.25) is 0 Å². The van der Waals surface area contributed by atoms with Crippen LogP contribution in [0.5, 0.6) is 0 Å². The molecule has 2 aromatic carbocycles. The van der Waals surface area contributed by atoms with Gasteiger partial charge in [-0.3, -0.25) is 9.59 Å². The lowest BCUT2D eigenvalue weighted by molar-refractivity contribution is -0.348. The Labute approximate surface area is 251 Å². The molecule has 2 atom stereocenters. The van der Waals surface area contributed by atoms with Crippen LogP contribution in [0.15, 0.2) is 47.4 Å². The fourth-order valence-electron chi connectivity index (χ4n) is 7.09. The number of aryl methyl sites for hydroxylation is 1. The number of fused-ring (bicyclic) bond motifs is 3. The summed E-state index contributed by atoms with van der Waals surface area (Å²) >= 11 is 0. The number of carbonyl (C=O) groups excluding carboxylic acids is 1. The molecule has 2 aliphatic carbocycles. The SMILES string of the molecule is O=C(O)[C@H]1CC[C@](F)(C(=O)N2CCC3(S(=O)(=O)c4ccc(F)cc4)c4ccc(C(F)(C(F)(F)F)C(F)(F)F)cc4CCC23)CC1. The Morgan fingerprint density at radius 1 is 0.867 bits per heavy atom. The third-order valence-corrected chi connectivity index (χ3v) is 12.0. The Kier molecular flexibility index (Phi) is 7.81. The molecular formula is C29H26F9NO5S. The second-order valence-electron chi connectivity index (χ2n) is 11.8. The zero-order chi connectivity index (χ0) is 33.4. The summed E-state index contributed by atoms with van der Waals surface area (Å²) in [5.41, 5.74) is -10.7. The van der Waals surface area contributed by atoms with Crippen LogP contribution in [0.1, 0.15) is 55.2 Å². The van der Waals surface area contributed by atoms with Gasteiger partial charge in [-0.25, -0.2) is 21.6 Å². The van der Waals surface area contributed by atoms with Gasteiger partial charge in [0.05, 0.1) is 16.9 Å². The van der Waals surface area contributed by atoms with E-state index in [0.29, 0.717) is 12.1 Å². The number of carboxylic acids is 1. The smallest absolute Gasteiger partial charge is 0.435 e. The normalized spacial score (nSPS) is 27.5. The number of benzene rings is 2. The van der Waals surface area contributed by atoms with Crippen molar-refractivity contribution in [3.05, 3.63) is 65.0 Å². The quantitative estimate of drug-likeness (QED) is 0.297. The molecule has 2 unspecified atom stereocenters. The number of aliphatic carboxylic acids is 1. The minimum absolute atomic E-state index is 0.163. The zero-order valence-electron chi connectivity index (χ0n) is 23.2. The average Bonchev–Trinajstić information content (AvgIpc) is 3.37. The van der Waals surface area contributed by atoms with E-state index in [-0.39, 0.29) is 49.4 Å². The summed E-state index contributed by atoms with van der Waals surface area (Å²) in [4.78, 5) is 25.5. The summed E-state index contributed by atoms with van der Waals surface area (Å²) in [6.07, 6.45) is -15.3. The van der Waals surface area contributed by atoms with E-state index in [1.54, 1.807) is 0 Å². The van der Waals surface area contributed by atoms with Crippen molar-refractivity contribution in [2.24, 2.45) is 5.92 Å². The first-order valence-corrected chi connectivity index (χ1v) is 15.4. The molecule has 0 spiro atoms. The van der Waals surface area contributed by atoms with E-state index < -0.39 is 97.6 Å². The number of carboxylic acid groups (broad SMARTS) is 1. The summed E-state index contributed by atoms with van der Waals surface area (Å²) in [7, 11) is -4.73. The van der Waals surface area contributed by atoms with Gasteiger partial charge in [-0.1, -0.05) is 18.2 Å². The van der Waals surface area contributed by atoms with Crippen molar-refractivity contribution in [3.8, 4) is 0 Å². The summed E-state index contributed by atoms with van der Waals surface area (Å²) in [5.74, 6) is -3.96. The Hall–Kier alpha value is -3.30. The van der Waals surface area contributed by atoms with Crippen LogP contribution in [0.25, 0.3) is 0 Å². The maximum atomic E-state index is 16.1. The van der Waals surface area contributed by atoms with Crippen molar-refractivity contribution < 1.29 is 62.6 Å². The molecule has 1 aliphatic heterocycles. The van der Waals surface area contributed by atoms with Crippen molar-refractivity contribution in [3.63, 3.8) is 0 Å². The largest absolute Gasteiger partial charge is 0.481 e. The van der Waals surface area contributed by atoms with Gasteiger partial charge in [-0.05, 0) is 80.3 Å². The minimum atomic E-state index is -6.42. The summed E-state index contributed by atoms with van der Waals surface area (Å²) in [6, 6.07) is 3.31. The zero-order valence-corrected chi connectivity index (χ0v) is 24.0. The van der Waals surface area contributed by atoms with Crippen molar-refractivity contribution in [2.45, 2.75) is 84.3 Å². The van der Waals surface area contributed by atoms with Crippen LogP contribution in [-0.2, 0) is 36.3 Å². The number of carbonyl (C=O) groups is 2. The first kappa shape index (κ1) is 33.1. The van der Waals surface area contributed by atoms with Crippen LogP contribution >= 0.6 is 0 Å². The molecule has 5 rings (SSSR count). The van der Waals surface area contributed by atoms with E-state index in [9.17, 15) is 58.2 Å². The number of halogens is 9. The fraction of sp³-hybridized carbons (Fsp3) is 0.517. The monoisotopic (exact) mass is 671 g/mol. The Bertz CT molecular complexity index is 1600. The summed E-state index contributed by atoms with van der Waals surface area (Å²) in [5, 5.41) is 9.26. The molecular weight excluding hydrogens is 645 g/mol. The van der Waals surface area contributed by atoms with Crippen molar-refractivity contribution in [1.82, 2.24) is 4.90 Å². The molecule has 16 heteroatoms. The van der Waals surface area contributed by atoms with E-state index in [2.05, 4.69) is 0 Å². The number of hydrogen-bond donors (Lipinski definition) is 1. The first-order chi connectivity index (χ1) is 20.7. The molecule has 0 radical (unpaired) electrons. The van der Waals surface area contributed by atoms with Gasteiger partial charge >= 0.3 is 24.0 Å². The highest BCUT2D eigenvalue weighted by molar-refractivity contribution is 7.92. The minimum Gasteiger partial charge on any atom is -0.481 e. The third-order valence-electron chi connectivity index (χ3n) is 9.44. The Morgan fingerprint density at radius 2 is 1.44 bits per heavy atom. The second-order valence-corrected chi connectivity index (χ2v) is 14.0. The summed E-state index contributed by atoms with van der Waals surface area (Å²) in [6.45, 7) is -0.378. The lowest BCUT2D eigenvalue weighted by Gasteiger charge is -2.44. The standard InChI is InChI=1S/C29H26F9NO5S/c30-19-3-5-20(6-4-19)45(43,44)26-13-14-39(24(42)25(31)11-9-16(10-12-25)23(40)41)22(26)8-1-17-15-18(2-7-21(17)26)27(32,28(33,34)35)29(36,37)38/h2-7,15-16,22H,1,8-14H2,(H,40,41)/t16-,22?,25+,26?. The van der Waals surface area contributed by atoms with E-state index in [1.807, 2.05) is 0 Å². The second kappa shape index (κ2) is 10.6. The van der Waals surface area contributed by atoms with Crippen LogP contribution in [-0.4, -0.2) is 60.9 Å². The van der Waals surface area contributed by atoms with Gasteiger partial charge in [-0.2, -0.15) is 26.3 Å². The Morgan fingerprint density at radius 3 is 1.98 bits per heavy atom.